The number of benzene rings is 2. The molecule has 0 unspecified atom stereocenters. The summed E-state index contributed by atoms with van der Waals surface area (Å²) < 4.78 is 24.5. The Labute approximate surface area is 249 Å². The number of esters is 1. The van der Waals surface area contributed by atoms with Crippen molar-refractivity contribution in [2.24, 2.45) is 4.99 Å². The molecule has 11 heteroatoms. The molecule has 4 heterocycles. The van der Waals surface area contributed by atoms with Crippen molar-refractivity contribution in [3.8, 4) is 22.8 Å². The zero-order valence-electron chi connectivity index (χ0n) is 23.7. The van der Waals surface area contributed by atoms with Gasteiger partial charge in [0.1, 0.15) is 11.5 Å². The SMILES string of the molecule is CCCC1=C(C(=O)OCC)[C@@H](c2ccc3c(c2)OCO3)n2c(s/c(=C\c3ccc(-c4ccc(C(=O)O)cc4C)o3)c2=O)=N1. The van der Waals surface area contributed by atoms with Gasteiger partial charge >= 0.3 is 11.9 Å². The number of furan rings is 1. The van der Waals surface area contributed by atoms with E-state index in [9.17, 15) is 19.5 Å². The number of carboxylic acid groups (broad SMARTS) is 1. The molecule has 1 atom stereocenters. The summed E-state index contributed by atoms with van der Waals surface area (Å²) in [4.78, 5) is 44.0. The molecule has 2 aliphatic rings. The number of carbonyl (C=O) groups is 2. The summed E-state index contributed by atoms with van der Waals surface area (Å²) in [6, 6.07) is 12.9. The highest BCUT2D eigenvalue weighted by Gasteiger charge is 2.35. The highest BCUT2D eigenvalue weighted by atomic mass is 32.1. The molecule has 2 aliphatic heterocycles. The van der Waals surface area contributed by atoms with Crippen molar-refractivity contribution in [1.82, 2.24) is 4.57 Å². The van der Waals surface area contributed by atoms with Crippen LogP contribution >= 0.6 is 11.3 Å². The van der Waals surface area contributed by atoms with Gasteiger partial charge in [0.05, 0.1) is 34.0 Å². The van der Waals surface area contributed by atoms with E-state index < -0.39 is 18.0 Å². The normalized spacial score (nSPS) is 15.8. The van der Waals surface area contributed by atoms with Crippen LogP contribution in [-0.4, -0.2) is 35.0 Å². The van der Waals surface area contributed by atoms with Crippen molar-refractivity contribution >= 4 is 29.4 Å². The van der Waals surface area contributed by atoms with Crippen LogP contribution in [0.5, 0.6) is 11.5 Å². The highest BCUT2D eigenvalue weighted by molar-refractivity contribution is 7.07. The van der Waals surface area contributed by atoms with Gasteiger partial charge < -0.3 is 23.7 Å². The number of thiazole rings is 1. The molecule has 0 saturated heterocycles. The van der Waals surface area contributed by atoms with Crippen LogP contribution in [0, 0.1) is 6.92 Å². The first-order valence-electron chi connectivity index (χ1n) is 13.8. The third kappa shape index (κ3) is 5.16. The Bertz CT molecular complexity index is 1980. The smallest absolute Gasteiger partial charge is 0.338 e. The standard InChI is InChI=1S/C32H28N2O8S/c1-4-6-22-27(31(38)39-5-2)28(18-8-11-24-25(14-18)41-16-40-24)34-29(35)26(43-32(34)33-22)15-20-9-12-23(42-20)21-10-7-19(30(36)37)13-17(21)3/h7-15,28H,4-6,16H2,1-3H3,(H,36,37)/b26-15-/t28-/m1/s1. The second kappa shape index (κ2) is 11.4. The Hall–Kier alpha value is -4.90. The minimum absolute atomic E-state index is 0.0948. The van der Waals surface area contributed by atoms with E-state index in [0.29, 0.717) is 55.6 Å². The molecule has 0 aliphatic carbocycles. The van der Waals surface area contributed by atoms with Crippen LogP contribution < -0.4 is 24.4 Å². The number of hydrogen-bond acceptors (Lipinski definition) is 9. The zero-order valence-corrected chi connectivity index (χ0v) is 24.5. The van der Waals surface area contributed by atoms with Crippen LogP contribution in [0.25, 0.3) is 17.4 Å². The molecule has 0 saturated carbocycles. The molecule has 10 nitrogen and oxygen atoms in total. The van der Waals surface area contributed by atoms with Crippen LogP contribution in [0.1, 0.15) is 60.0 Å². The fourth-order valence-electron chi connectivity index (χ4n) is 5.30. The Kier molecular flexibility index (Phi) is 7.49. The van der Waals surface area contributed by atoms with E-state index in [1.807, 2.05) is 19.9 Å². The lowest BCUT2D eigenvalue weighted by Crippen LogP contribution is -2.40. The van der Waals surface area contributed by atoms with Crippen molar-refractivity contribution < 1.29 is 33.3 Å². The molecule has 0 spiro atoms. The number of aromatic carboxylic acids is 1. The van der Waals surface area contributed by atoms with Gasteiger partial charge in [0.2, 0.25) is 6.79 Å². The topological polar surface area (TPSA) is 130 Å². The second-order valence-electron chi connectivity index (χ2n) is 10.1. The summed E-state index contributed by atoms with van der Waals surface area (Å²) in [5.74, 6) is 0.588. The van der Waals surface area contributed by atoms with E-state index in [4.69, 9.17) is 23.6 Å². The third-order valence-corrected chi connectivity index (χ3v) is 8.23. The van der Waals surface area contributed by atoms with E-state index in [0.717, 1.165) is 17.5 Å². The number of carbonyl (C=O) groups excluding carboxylic acids is 1. The number of ether oxygens (including phenoxy) is 3. The Balaban J connectivity index is 1.48. The summed E-state index contributed by atoms with van der Waals surface area (Å²) in [5, 5.41) is 9.28. The number of aromatic nitrogens is 1. The summed E-state index contributed by atoms with van der Waals surface area (Å²) in [6.45, 7) is 5.83. The lowest BCUT2D eigenvalue weighted by Gasteiger charge is -2.25. The molecule has 0 bridgehead atoms. The van der Waals surface area contributed by atoms with Crippen molar-refractivity contribution in [2.45, 2.75) is 39.7 Å². The molecular weight excluding hydrogens is 572 g/mol. The maximum atomic E-state index is 14.0. The largest absolute Gasteiger partial charge is 0.478 e. The Morgan fingerprint density at radius 3 is 2.67 bits per heavy atom. The van der Waals surface area contributed by atoms with Gasteiger partial charge in [0.15, 0.2) is 16.3 Å². The Morgan fingerprint density at radius 1 is 1.12 bits per heavy atom. The van der Waals surface area contributed by atoms with Gasteiger partial charge in [0.25, 0.3) is 5.56 Å². The predicted octanol–water partition coefficient (Wildman–Crippen LogP) is 4.57. The van der Waals surface area contributed by atoms with Gasteiger partial charge in [-0.25, -0.2) is 14.6 Å². The number of nitrogens with zero attached hydrogens (tertiary/aromatic N) is 2. The zero-order chi connectivity index (χ0) is 30.2. The van der Waals surface area contributed by atoms with E-state index in [1.54, 1.807) is 49.4 Å². The molecule has 6 rings (SSSR count). The van der Waals surface area contributed by atoms with Crippen LogP contribution in [0.4, 0.5) is 0 Å². The highest BCUT2D eigenvalue weighted by Crippen LogP contribution is 2.39. The molecule has 4 aromatic rings. The number of carboxylic acids is 1. The van der Waals surface area contributed by atoms with Crippen LogP contribution in [0.15, 0.2) is 74.0 Å². The molecule has 43 heavy (non-hydrogen) atoms. The molecule has 220 valence electrons. The van der Waals surface area contributed by atoms with Gasteiger partial charge in [-0.2, -0.15) is 0 Å². The van der Waals surface area contributed by atoms with E-state index in [2.05, 4.69) is 0 Å². The third-order valence-electron chi connectivity index (χ3n) is 7.24. The fraction of sp³-hybridized carbons (Fsp3) is 0.250. The first-order valence-corrected chi connectivity index (χ1v) is 14.7. The summed E-state index contributed by atoms with van der Waals surface area (Å²) in [6.07, 6.45) is 2.92. The first-order chi connectivity index (χ1) is 20.8. The number of allylic oxidation sites excluding steroid dienone is 1. The van der Waals surface area contributed by atoms with Crippen molar-refractivity contribution in [3.05, 3.63) is 102 Å². The van der Waals surface area contributed by atoms with Gasteiger partial charge in [-0.05, 0) is 67.8 Å². The number of fused-ring (bicyclic) bond motifs is 2. The van der Waals surface area contributed by atoms with Crippen LogP contribution in [-0.2, 0) is 9.53 Å². The molecule has 1 N–H and O–H groups in total. The van der Waals surface area contributed by atoms with Crippen molar-refractivity contribution in [2.75, 3.05) is 13.4 Å². The summed E-state index contributed by atoms with van der Waals surface area (Å²) in [7, 11) is 0. The summed E-state index contributed by atoms with van der Waals surface area (Å²) >= 11 is 1.21. The monoisotopic (exact) mass is 600 g/mol. The predicted molar refractivity (Wildman–Crippen MR) is 158 cm³/mol. The van der Waals surface area contributed by atoms with E-state index in [1.165, 1.54) is 22.0 Å². The molecule has 2 aromatic carbocycles. The number of aryl methyl sites for hydroxylation is 1. The average molecular weight is 601 g/mol. The van der Waals surface area contributed by atoms with Gasteiger partial charge in [-0.1, -0.05) is 36.8 Å². The lowest BCUT2D eigenvalue weighted by atomic mass is 9.94. The number of rotatable bonds is 8. The van der Waals surface area contributed by atoms with Gasteiger partial charge in [-0.3, -0.25) is 9.36 Å². The molecule has 0 amide bonds. The quantitative estimate of drug-likeness (QED) is 0.291. The Morgan fingerprint density at radius 2 is 1.93 bits per heavy atom. The minimum Gasteiger partial charge on any atom is -0.478 e. The first kappa shape index (κ1) is 28.2. The lowest BCUT2D eigenvalue weighted by molar-refractivity contribution is -0.139. The molecular formula is C32H28N2O8S. The van der Waals surface area contributed by atoms with Gasteiger partial charge in [-0.15, -0.1) is 0 Å². The van der Waals surface area contributed by atoms with Crippen molar-refractivity contribution in [3.63, 3.8) is 0 Å². The van der Waals surface area contributed by atoms with Crippen LogP contribution in [0.3, 0.4) is 0 Å². The summed E-state index contributed by atoms with van der Waals surface area (Å²) in [5.41, 5.74) is 2.93. The van der Waals surface area contributed by atoms with Crippen molar-refractivity contribution in [1.29, 1.82) is 0 Å². The molecule has 0 radical (unpaired) electrons. The van der Waals surface area contributed by atoms with E-state index >= 15 is 0 Å². The molecule has 0 fully saturated rings. The van der Waals surface area contributed by atoms with E-state index in [-0.39, 0.29) is 24.5 Å². The molecule has 2 aromatic heterocycles. The average Bonchev–Trinajstić information content (AvgIpc) is 3.72. The van der Waals surface area contributed by atoms with Crippen LogP contribution in [0.2, 0.25) is 0 Å². The maximum Gasteiger partial charge on any atom is 0.338 e. The second-order valence-corrected chi connectivity index (χ2v) is 11.1. The fourth-order valence-corrected chi connectivity index (χ4v) is 6.30. The minimum atomic E-state index is -1.00. The maximum absolute atomic E-state index is 14.0. The van der Waals surface area contributed by atoms with Gasteiger partial charge in [0, 0.05) is 11.6 Å². The number of hydrogen-bond donors (Lipinski definition) is 1.